The summed E-state index contributed by atoms with van der Waals surface area (Å²) in [7, 11) is -1.61. The number of aryl methyl sites for hydroxylation is 1. The number of sulfonamides is 1. The lowest BCUT2D eigenvalue weighted by Gasteiger charge is -2.31. The first kappa shape index (κ1) is 15.6. The van der Waals surface area contributed by atoms with Gasteiger partial charge in [-0.15, -0.1) is 10.2 Å². The van der Waals surface area contributed by atoms with Crippen molar-refractivity contribution in [1.29, 1.82) is 0 Å². The highest BCUT2D eigenvalue weighted by molar-refractivity contribution is 7.89. The molecular formula is C16H20N4O3S. The van der Waals surface area contributed by atoms with E-state index in [9.17, 15) is 8.42 Å². The van der Waals surface area contributed by atoms with Crippen LogP contribution < -0.4 is 4.74 Å². The molecule has 0 aliphatic carbocycles. The van der Waals surface area contributed by atoms with E-state index in [1.807, 2.05) is 11.6 Å². The van der Waals surface area contributed by atoms with Gasteiger partial charge in [0.25, 0.3) is 0 Å². The van der Waals surface area contributed by atoms with Crippen LogP contribution in [-0.4, -0.2) is 47.2 Å². The molecule has 2 aromatic rings. The Hall–Kier alpha value is -1.93. The van der Waals surface area contributed by atoms with E-state index in [0.717, 1.165) is 36.4 Å². The largest absolute Gasteiger partial charge is 0.493 e. The summed E-state index contributed by atoms with van der Waals surface area (Å²) < 4.78 is 35.0. The van der Waals surface area contributed by atoms with Gasteiger partial charge in [-0.2, -0.15) is 4.31 Å². The summed E-state index contributed by atoms with van der Waals surface area (Å²) in [5, 5.41) is 8.06. The molecule has 0 spiro atoms. The molecule has 0 unspecified atom stereocenters. The molecule has 0 saturated carbocycles. The number of ether oxygens (including phenoxy) is 1. The minimum Gasteiger partial charge on any atom is -0.493 e. The SMILES string of the molecule is Cn1cnnc1[C@H]1CCCN(S(=O)(=O)c2ccc3c(c2)CCO3)C1. The molecule has 1 atom stereocenters. The van der Waals surface area contributed by atoms with Crippen LogP contribution in [0.2, 0.25) is 0 Å². The summed E-state index contributed by atoms with van der Waals surface area (Å²) >= 11 is 0. The average Bonchev–Trinajstić information content (AvgIpc) is 3.22. The molecule has 2 aliphatic heterocycles. The van der Waals surface area contributed by atoms with Crippen LogP contribution in [0.5, 0.6) is 5.75 Å². The molecule has 3 heterocycles. The highest BCUT2D eigenvalue weighted by Crippen LogP contribution is 2.32. The van der Waals surface area contributed by atoms with Gasteiger partial charge in [-0.05, 0) is 36.6 Å². The Bertz CT molecular complexity index is 862. The molecule has 7 nitrogen and oxygen atoms in total. The van der Waals surface area contributed by atoms with Crippen LogP contribution in [0.25, 0.3) is 0 Å². The Morgan fingerprint density at radius 2 is 2.21 bits per heavy atom. The van der Waals surface area contributed by atoms with Crippen LogP contribution in [0.1, 0.15) is 30.1 Å². The molecule has 8 heteroatoms. The molecule has 24 heavy (non-hydrogen) atoms. The molecule has 1 fully saturated rings. The molecule has 1 saturated heterocycles. The second-order valence-electron chi connectivity index (χ2n) is 6.37. The smallest absolute Gasteiger partial charge is 0.243 e. The fourth-order valence-electron chi connectivity index (χ4n) is 3.51. The summed E-state index contributed by atoms with van der Waals surface area (Å²) in [5.41, 5.74) is 0.970. The summed E-state index contributed by atoms with van der Waals surface area (Å²) in [6.45, 7) is 1.61. The number of hydrogen-bond donors (Lipinski definition) is 0. The van der Waals surface area contributed by atoms with E-state index in [2.05, 4.69) is 10.2 Å². The molecule has 1 aromatic carbocycles. The van der Waals surface area contributed by atoms with E-state index in [0.29, 0.717) is 24.6 Å². The zero-order chi connectivity index (χ0) is 16.7. The maximum absolute atomic E-state index is 13.0. The van der Waals surface area contributed by atoms with Gasteiger partial charge in [0.1, 0.15) is 17.9 Å². The third kappa shape index (κ3) is 2.59. The van der Waals surface area contributed by atoms with Crippen LogP contribution in [-0.2, 0) is 23.5 Å². The van der Waals surface area contributed by atoms with Gasteiger partial charge in [-0.25, -0.2) is 8.42 Å². The normalized spacial score (nSPS) is 21.5. The van der Waals surface area contributed by atoms with Crippen molar-refractivity contribution in [2.75, 3.05) is 19.7 Å². The Morgan fingerprint density at radius 3 is 3.00 bits per heavy atom. The standard InChI is InChI=1S/C16H20N4O3S/c1-19-11-17-18-16(19)13-3-2-7-20(10-13)24(21,22)14-4-5-15-12(9-14)6-8-23-15/h4-5,9,11,13H,2-3,6-8,10H2,1H3/t13-/m0/s1. The topological polar surface area (TPSA) is 77.3 Å². The van der Waals surface area contributed by atoms with Crippen LogP contribution >= 0.6 is 0 Å². The van der Waals surface area contributed by atoms with Gasteiger partial charge in [0.15, 0.2) is 0 Å². The van der Waals surface area contributed by atoms with E-state index >= 15 is 0 Å². The van der Waals surface area contributed by atoms with Crippen molar-refractivity contribution >= 4 is 10.0 Å². The number of nitrogens with zero attached hydrogens (tertiary/aromatic N) is 4. The first-order valence-corrected chi connectivity index (χ1v) is 9.59. The molecule has 4 rings (SSSR count). The fraction of sp³-hybridized carbons (Fsp3) is 0.500. The van der Waals surface area contributed by atoms with Crippen LogP contribution in [0.3, 0.4) is 0 Å². The van der Waals surface area contributed by atoms with Gasteiger partial charge in [-0.3, -0.25) is 0 Å². The van der Waals surface area contributed by atoms with E-state index in [4.69, 9.17) is 4.74 Å². The summed E-state index contributed by atoms with van der Waals surface area (Å²) in [6, 6.07) is 5.16. The molecular weight excluding hydrogens is 328 g/mol. The number of rotatable bonds is 3. The number of benzene rings is 1. The van der Waals surface area contributed by atoms with E-state index in [1.54, 1.807) is 28.8 Å². The number of piperidine rings is 1. The Kier molecular flexibility index (Phi) is 3.80. The zero-order valence-electron chi connectivity index (χ0n) is 13.6. The van der Waals surface area contributed by atoms with Crippen LogP contribution in [0.4, 0.5) is 0 Å². The first-order chi connectivity index (χ1) is 11.6. The van der Waals surface area contributed by atoms with E-state index in [-0.39, 0.29) is 5.92 Å². The number of aromatic nitrogens is 3. The highest BCUT2D eigenvalue weighted by atomic mass is 32.2. The predicted octanol–water partition coefficient (Wildman–Crippen LogP) is 1.32. The minimum atomic E-state index is -3.50. The van der Waals surface area contributed by atoms with Gasteiger partial charge in [0.2, 0.25) is 10.0 Å². The molecule has 0 N–H and O–H groups in total. The van der Waals surface area contributed by atoms with Crippen molar-refractivity contribution in [3.8, 4) is 5.75 Å². The Labute approximate surface area is 141 Å². The third-order valence-corrected chi connectivity index (χ3v) is 6.66. The Morgan fingerprint density at radius 1 is 1.33 bits per heavy atom. The van der Waals surface area contributed by atoms with Gasteiger partial charge < -0.3 is 9.30 Å². The van der Waals surface area contributed by atoms with E-state index < -0.39 is 10.0 Å². The summed E-state index contributed by atoms with van der Waals surface area (Å²) in [5.74, 6) is 1.72. The van der Waals surface area contributed by atoms with Gasteiger partial charge in [-0.1, -0.05) is 0 Å². The lowest BCUT2D eigenvalue weighted by molar-refractivity contribution is 0.306. The van der Waals surface area contributed by atoms with Crippen molar-refractivity contribution in [2.24, 2.45) is 7.05 Å². The lowest BCUT2D eigenvalue weighted by Crippen LogP contribution is -2.39. The van der Waals surface area contributed by atoms with Crippen molar-refractivity contribution in [3.63, 3.8) is 0 Å². The highest BCUT2D eigenvalue weighted by Gasteiger charge is 2.33. The van der Waals surface area contributed by atoms with Gasteiger partial charge in [0, 0.05) is 32.5 Å². The first-order valence-electron chi connectivity index (χ1n) is 8.15. The average molecular weight is 348 g/mol. The fourth-order valence-corrected chi connectivity index (χ4v) is 5.08. The van der Waals surface area contributed by atoms with Gasteiger partial charge >= 0.3 is 0 Å². The summed E-state index contributed by atoms with van der Waals surface area (Å²) in [4.78, 5) is 0.352. The molecule has 128 valence electrons. The number of hydrogen-bond acceptors (Lipinski definition) is 5. The van der Waals surface area contributed by atoms with Crippen molar-refractivity contribution in [1.82, 2.24) is 19.1 Å². The quantitative estimate of drug-likeness (QED) is 0.836. The van der Waals surface area contributed by atoms with Crippen molar-refractivity contribution in [3.05, 3.63) is 35.9 Å². The predicted molar refractivity (Wildman–Crippen MR) is 87.4 cm³/mol. The second kappa shape index (κ2) is 5.86. The maximum Gasteiger partial charge on any atom is 0.243 e. The van der Waals surface area contributed by atoms with Crippen molar-refractivity contribution < 1.29 is 13.2 Å². The van der Waals surface area contributed by atoms with Crippen molar-refractivity contribution in [2.45, 2.75) is 30.1 Å². The lowest BCUT2D eigenvalue weighted by atomic mass is 9.99. The van der Waals surface area contributed by atoms with Crippen LogP contribution in [0.15, 0.2) is 29.4 Å². The van der Waals surface area contributed by atoms with Crippen LogP contribution in [0, 0.1) is 0 Å². The molecule has 2 aliphatic rings. The third-order valence-electron chi connectivity index (χ3n) is 4.79. The molecule has 0 bridgehead atoms. The zero-order valence-corrected chi connectivity index (χ0v) is 14.4. The molecule has 1 aromatic heterocycles. The summed E-state index contributed by atoms with van der Waals surface area (Å²) in [6.07, 6.45) is 4.17. The molecule has 0 amide bonds. The Balaban J connectivity index is 1.61. The second-order valence-corrected chi connectivity index (χ2v) is 8.31. The maximum atomic E-state index is 13.0. The van der Waals surface area contributed by atoms with E-state index in [1.165, 1.54) is 0 Å². The molecule has 0 radical (unpaired) electrons. The van der Waals surface area contributed by atoms with Gasteiger partial charge in [0.05, 0.1) is 11.5 Å². The number of fused-ring (bicyclic) bond motifs is 1. The minimum absolute atomic E-state index is 0.0822. The monoisotopic (exact) mass is 348 g/mol.